The van der Waals surface area contributed by atoms with Gasteiger partial charge in [-0.2, -0.15) is 0 Å². The van der Waals surface area contributed by atoms with E-state index in [4.69, 9.17) is 19.9 Å². The summed E-state index contributed by atoms with van der Waals surface area (Å²) in [7, 11) is 0. The average Bonchev–Trinajstić information content (AvgIpc) is 2.65. The topological polar surface area (TPSA) is 146 Å². The normalized spacial score (nSPS) is 12.8. The van der Waals surface area contributed by atoms with Gasteiger partial charge in [0.1, 0.15) is 18.0 Å². The monoisotopic (exact) mass is 437 g/mol. The van der Waals surface area contributed by atoms with Crippen molar-refractivity contribution >= 4 is 23.9 Å². The van der Waals surface area contributed by atoms with E-state index in [2.05, 4.69) is 10.6 Å². The molecule has 0 heterocycles. The third-order valence-corrected chi connectivity index (χ3v) is 3.73. The first-order chi connectivity index (χ1) is 14.4. The molecule has 10 heteroatoms. The van der Waals surface area contributed by atoms with E-state index in [-0.39, 0.29) is 26.2 Å². The molecule has 0 saturated heterocycles. The quantitative estimate of drug-likeness (QED) is 0.286. The molecule has 0 fully saturated rings. The number of nitrogens with two attached hydrogens (primary N) is 1. The smallest absolute Gasteiger partial charge is 0.409 e. The molecule has 1 aromatic carbocycles. The lowest BCUT2D eigenvalue weighted by Gasteiger charge is -2.27. The zero-order valence-electron chi connectivity index (χ0n) is 18.4. The second-order valence-electron chi connectivity index (χ2n) is 7.77. The maximum Gasteiger partial charge on any atom is 0.409 e. The SMILES string of the molecule is CCOC(=O)[C@](N)(CC(=O)CCNC(=O)OC(C)(C)C)NC(=O)OCc1ccccc1. The number of carbonyl (C=O) groups excluding carboxylic acids is 4. The molecule has 1 atom stereocenters. The Morgan fingerprint density at radius 1 is 1.00 bits per heavy atom. The van der Waals surface area contributed by atoms with E-state index in [1.54, 1.807) is 52.0 Å². The molecular formula is C21H31N3O7. The van der Waals surface area contributed by atoms with Crippen LogP contribution in [0.15, 0.2) is 30.3 Å². The highest BCUT2D eigenvalue weighted by Gasteiger charge is 2.40. The molecule has 10 nitrogen and oxygen atoms in total. The van der Waals surface area contributed by atoms with Gasteiger partial charge in [-0.05, 0) is 33.3 Å². The molecule has 1 aromatic rings. The molecule has 2 amide bonds. The van der Waals surface area contributed by atoms with Crippen LogP contribution >= 0.6 is 0 Å². The molecule has 0 radical (unpaired) electrons. The van der Waals surface area contributed by atoms with Crippen molar-refractivity contribution < 1.29 is 33.4 Å². The average molecular weight is 437 g/mol. The minimum absolute atomic E-state index is 0.00686. The Labute approximate surface area is 181 Å². The maximum absolute atomic E-state index is 12.3. The number of hydrogen-bond acceptors (Lipinski definition) is 8. The van der Waals surface area contributed by atoms with Crippen molar-refractivity contribution in [2.24, 2.45) is 5.73 Å². The number of hydrogen-bond donors (Lipinski definition) is 3. The molecule has 0 saturated carbocycles. The Morgan fingerprint density at radius 3 is 2.23 bits per heavy atom. The summed E-state index contributed by atoms with van der Waals surface area (Å²) in [6.45, 7) is 6.64. The Hall–Kier alpha value is -3.14. The fraction of sp³-hybridized carbons (Fsp3) is 0.524. The number of esters is 1. The van der Waals surface area contributed by atoms with Crippen molar-refractivity contribution in [3.05, 3.63) is 35.9 Å². The molecule has 0 aromatic heterocycles. The molecule has 0 bridgehead atoms. The molecule has 0 aliphatic rings. The van der Waals surface area contributed by atoms with E-state index in [9.17, 15) is 19.2 Å². The molecule has 31 heavy (non-hydrogen) atoms. The summed E-state index contributed by atoms with van der Waals surface area (Å²) in [5, 5.41) is 4.66. The van der Waals surface area contributed by atoms with Crippen molar-refractivity contribution in [1.82, 2.24) is 10.6 Å². The van der Waals surface area contributed by atoms with Gasteiger partial charge in [-0.15, -0.1) is 0 Å². The minimum Gasteiger partial charge on any atom is -0.463 e. The lowest BCUT2D eigenvalue weighted by Crippen LogP contribution is -2.63. The highest BCUT2D eigenvalue weighted by Crippen LogP contribution is 2.11. The molecule has 0 aliphatic carbocycles. The maximum atomic E-state index is 12.3. The summed E-state index contributed by atoms with van der Waals surface area (Å²) in [5.74, 6) is -1.45. The molecule has 0 spiro atoms. The Kier molecular flexibility index (Phi) is 9.94. The Bertz CT molecular complexity index is 762. The number of amides is 2. The molecule has 172 valence electrons. The van der Waals surface area contributed by atoms with E-state index in [1.165, 1.54) is 0 Å². The summed E-state index contributed by atoms with van der Waals surface area (Å²) in [5.41, 5.74) is 3.95. The molecule has 4 N–H and O–H groups in total. The lowest BCUT2D eigenvalue weighted by atomic mass is 10.0. The van der Waals surface area contributed by atoms with Crippen LogP contribution in [0.2, 0.25) is 0 Å². The highest BCUT2D eigenvalue weighted by molar-refractivity contribution is 5.92. The largest absolute Gasteiger partial charge is 0.463 e. The number of ketones is 1. The molecule has 0 unspecified atom stereocenters. The second-order valence-corrected chi connectivity index (χ2v) is 7.77. The van der Waals surface area contributed by atoms with Gasteiger partial charge in [0, 0.05) is 13.0 Å². The number of carbonyl (C=O) groups is 4. The van der Waals surface area contributed by atoms with Crippen LogP contribution in [0.3, 0.4) is 0 Å². The van der Waals surface area contributed by atoms with Crippen molar-refractivity contribution in [2.75, 3.05) is 13.2 Å². The lowest BCUT2D eigenvalue weighted by molar-refractivity contribution is -0.152. The van der Waals surface area contributed by atoms with E-state index >= 15 is 0 Å². The Morgan fingerprint density at radius 2 is 1.65 bits per heavy atom. The standard InChI is InChI=1S/C21H31N3O7/c1-5-29-17(26)21(22,24-19(28)30-14-15-9-7-6-8-10-15)13-16(25)11-12-23-18(27)31-20(2,3)4/h6-10H,5,11-14,22H2,1-4H3,(H,23,27)(H,24,28)/t21-/m0/s1. The molecule has 0 aliphatic heterocycles. The van der Waals surface area contributed by atoms with Crippen molar-refractivity contribution in [2.45, 2.75) is 58.4 Å². The van der Waals surface area contributed by atoms with Gasteiger partial charge in [-0.1, -0.05) is 30.3 Å². The molecule has 1 rings (SSSR count). The van der Waals surface area contributed by atoms with Crippen LogP contribution in [-0.4, -0.2) is 48.4 Å². The summed E-state index contributed by atoms with van der Waals surface area (Å²) >= 11 is 0. The fourth-order valence-corrected chi connectivity index (χ4v) is 2.39. The molecular weight excluding hydrogens is 406 g/mol. The van der Waals surface area contributed by atoms with Crippen LogP contribution < -0.4 is 16.4 Å². The first-order valence-corrected chi connectivity index (χ1v) is 9.88. The number of rotatable bonds is 10. The van der Waals surface area contributed by atoms with Crippen LogP contribution in [0, 0.1) is 0 Å². The summed E-state index contributed by atoms with van der Waals surface area (Å²) in [6, 6.07) is 8.91. The van der Waals surface area contributed by atoms with E-state index in [1.807, 2.05) is 6.07 Å². The van der Waals surface area contributed by atoms with Gasteiger partial charge < -0.3 is 19.5 Å². The Balaban J connectivity index is 2.63. The van der Waals surface area contributed by atoms with Crippen LogP contribution in [0.1, 0.15) is 46.1 Å². The van der Waals surface area contributed by atoms with Gasteiger partial charge in [0.15, 0.2) is 5.66 Å². The third-order valence-electron chi connectivity index (χ3n) is 3.73. The minimum atomic E-state index is -2.10. The predicted molar refractivity (Wildman–Crippen MR) is 112 cm³/mol. The van der Waals surface area contributed by atoms with Crippen LogP contribution in [0.4, 0.5) is 9.59 Å². The van der Waals surface area contributed by atoms with Crippen molar-refractivity contribution in [3.8, 4) is 0 Å². The zero-order valence-corrected chi connectivity index (χ0v) is 18.4. The number of alkyl carbamates (subject to hydrolysis) is 2. The van der Waals surface area contributed by atoms with Gasteiger partial charge in [-0.25, -0.2) is 14.4 Å². The number of Topliss-reactive ketones (excluding diaryl/α,β-unsaturated/α-hetero) is 1. The van der Waals surface area contributed by atoms with Crippen LogP contribution in [-0.2, 0) is 30.4 Å². The highest BCUT2D eigenvalue weighted by atomic mass is 16.6. The van der Waals surface area contributed by atoms with Crippen molar-refractivity contribution in [3.63, 3.8) is 0 Å². The van der Waals surface area contributed by atoms with Crippen LogP contribution in [0.25, 0.3) is 0 Å². The fourth-order valence-electron chi connectivity index (χ4n) is 2.39. The third kappa shape index (κ3) is 10.4. The summed E-state index contributed by atoms with van der Waals surface area (Å²) in [6.07, 6.45) is -2.31. The predicted octanol–water partition coefficient (Wildman–Crippen LogP) is 2.00. The van der Waals surface area contributed by atoms with Gasteiger partial charge in [-0.3, -0.25) is 15.8 Å². The van der Waals surface area contributed by atoms with Gasteiger partial charge in [0.2, 0.25) is 0 Å². The van der Waals surface area contributed by atoms with Gasteiger partial charge in [0.05, 0.1) is 13.0 Å². The number of ether oxygens (including phenoxy) is 3. The first-order valence-electron chi connectivity index (χ1n) is 9.88. The van der Waals surface area contributed by atoms with Gasteiger partial charge in [0.25, 0.3) is 0 Å². The zero-order chi connectivity index (χ0) is 23.5. The first kappa shape index (κ1) is 25.9. The van der Waals surface area contributed by atoms with E-state index in [0.717, 1.165) is 5.56 Å². The van der Waals surface area contributed by atoms with Crippen LogP contribution in [0.5, 0.6) is 0 Å². The summed E-state index contributed by atoms with van der Waals surface area (Å²) < 4.78 is 15.0. The number of benzene rings is 1. The van der Waals surface area contributed by atoms with Crippen molar-refractivity contribution in [1.29, 1.82) is 0 Å². The van der Waals surface area contributed by atoms with Gasteiger partial charge >= 0.3 is 18.2 Å². The number of nitrogens with one attached hydrogen (secondary N) is 2. The van der Waals surface area contributed by atoms with E-state index < -0.39 is 41.6 Å². The van der Waals surface area contributed by atoms with E-state index in [0.29, 0.717) is 0 Å². The summed E-state index contributed by atoms with van der Waals surface area (Å²) in [4.78, 5) is 48.4. The second kappa shape index (κ2) is 11.9.